The van der Waals surface area contributed by atoms with E-state index in [1.807, 2.05) is 32.0 Å². The number of nitrogens with zero attached hydrogens (tertiary/aromatic N) is 4. The predicted octanol–water partition coefficient (Wildman–Crippen LogP) is 1.12. The van der Waals surface area contributed by atoms with Crippen molar-refractivity contribution in [3.8, 4) is 5.82 Å². The molecule has 126 valence electrons. The molecule has 1 aliphatic heterocycles. The predicted molar refractivity (Wildman–Crippen MR) is 88.5 cm³/mol. The lowest BCUT2D eigenvalue weighted by Crippen LogP contribution is -2.37. The lowest BCUT2D eigenvalue weighted by Gasteiger charge is -2.15. The summed E-state index contributed by atoms with van der Waals surface area (Å²) in [5.74, 6) is 0.660. The van der Waals surface area contributed by atoms with Gasteiger partial charge in [0, 0.05) is 31.4 Å². The second-order valence-corrected chi connectivity index (χ2v) is 6.06. The molecule has 0 aromatic carbocycles. The third-order valence-electron chi connectivity index (χ3n) is 4.03. The Morgan fingerprint density at radius 2 is 2.17 bits per heavy atom. The molecule has 1 fully saturated rings. The van der Waals surface area contributed by atoms with E-state index in [0.717, 1.165) is 29.2 Å². The smallest absolute Gasteiger partial charge is 0.239 e. The Morgan fingerprint density at radius 3 is 2.75 bits per heavy atom. The Balaban J connectivity index is 1.55. The van der Waals surface area contributed by atoms with Crippen molar-refractivity contribution in [2.75, 3.05) is 13.1 Å². The van der Waals surface area contributed by atoms with Crippen LogP contribution in [-0.2, 0) is 16.1 Å². The average molecular weight is 327 g/mol. The van der Waals surface area contributed by atoms with Crippen LogP contribution in [0, 0.1) is 13.8 Å². The molecule has 0 bridgehead atoms. The highest BCUT2D eigenvalue weighted by Gasteiger charge is 2.22. The molecule has 7 nitrogen and oxygen atoms in total. The summed E-state index contributed by atoms with van der Waals surface area (Å²) >= 11 is 0. The molecule has 7 heteroatoms. The highest BCUT2D eigenvalue weighted by Crippen LogP contribution is 2.11. The quantitative estimate of drug-likeness (QED) is 0.892. The van der Waals surface area contributed by atoms with E-state index in [9.17, 15) is 9.59 Å². The fraction of sp³-hybridized carbons (Fsp3) is 0.412. The summed E-state index contributed by atoms with van der Waals surface area (Å²) in [6, 6.07) is 5.79. The molecule has 0 spiro atoms. The molecular weight excluding hydrogens is 306 g/mol. The molecule has 2 aromatic heterocycles. The standard InChI is InChI=1S/C17H21N5O2/c1-12-8-13(2)22(20-12)15-6-5-14(9-18-15)10-19-16(23)11-21-7-3-4-17(21)24/h5-6,8-9H,3-4,7,10-11H2,1-2H3,(H,19,23). The van der Waals surface area contributed by atoms with Gasteiger partial charge in [0.1, 0.15) is 0 Å². The van der Waals surface area contributed by atoms with Crippen molar-refractivity contribution in [1.82, 2.24) is 25.0 Å². The number of amides is 2. The van der Waals surface area contributed by atoms with Crippen LogP contribution < -0.4 is 5.32 Å². The minimum absolute atomic E-state index is 0.0565. The third kappa shape index (κ3) is 3.61. The number of aromatic nitrogens is 3. The Morgan fingerprint density at radius 1 is 1.33 bits per heavy atom. The number of likely N-dealkylation sites (tertiary alicyclic amines) is 1. The van der Waals surface area contributed by atoms with Crippen LogP contribution in [0.4, 0.5) is 0 Å². The van der Waals surface area contributed by atoms with Crippen LogP contribution in [0.25, 0.3) is 5.82 Å². The molecular formula is C17H21N5O2. The van der Waals surface area contributed by atoms with Crippen LogP contribution in [-0.4, -0.2) is 44.6 Å². The van der Waals surface area contributed by atoms with Gasteiger partial charge in [-0.15, -0.1) is 0 Å². The van der Waals surface area contributed by atoms with Gasteiger partial charge in [-0.05, 0) is 38.0 Å². The summed E-state index contributed by atoms with van der Waals surface area (Å²) in [6.07, 6.45) is 3.11. The Hall–Kier alpha value is -2.70. The molecule has 3 rings (SSSR count). The zero-order valence-corrected chi connectivity index (χ0v) is 14.0. The maximum absolute atomic E-state index is 11.9. The van der Waals surface area contributed by atoms with Gasteiger partial charge in [-0.1, -0.05) is 6.07 Å². The van der Waals surface area contributed by atoms with Crippen molar-refractivity contribution in [3.05, 3.63) is 41.3 Å². The maximum atomic E-state index is 11.9. The van der Waals surface area contributed by atoms with Crippen molar-refractivity contribution >= 4 is 11.8 Å². The summed E-state index contributed by atoms with van der Waals surface area (Å²) < 4.78 is 1.79. The summed E-state index contributed by atoms with van der Waals surface area (Å²) in [5.41, 5.74) is 2.87. The third-order valence-corrected chi connectivity index (χ3v) is 4.03. The van der Waals surface area contributed by atoms with E-state index in [1.165, 1.54) is 0 Å². The molecule has 2 aromatic rings. The topological polar surface area (TPSA) is 80.1 Å². The molecule has 0 unspecified atom stereocenters. The van der Waals surface area contributed by atoms with E-state index in [-0.39, 0.29) is 18.4 Å². The molecule has 0 atom stereocenters. The number of hydrogen-bond acceptors (Lipinski definition) is 4. The molecule has 2 amide bonds. The zero-order valence-electron chi connectivity index (χ0n) is 14.0. The number of carbonyl (C=O) groups is 2. The summed E-state index contributed by atoms with van der Waals surface area (Å²) in [5, 5.41) is 7.22. The summed E-state index contributed by atoms with van der Waals surface area (Å²) in [6.45, 7) is 5.13. The second-order valence-electron chi connectivity index (χ2n) is 6.06. The van der Waals surface area contributed by atoms with Gasteiger partial charge in [-0.3, -0.25) is 9.59 Å². The maximum Gasteiger partial charge on any atom is 0.239 e. The fourth-order valence-corrected chi connectivity index (χ4v) is 2.81. The van der Waals surface area contributed by atoms with Gasteiger partial charge in [0.15, 0.2) is 5.82 Å². The fourth-order valence-electron chi connectivity index (χ4n) is 2.81. The molecule has 24 heavy (non-hydrogen) atoms. The monoisotopic (exact) mass is 327 g/mol. The van der Waals surface area contributed by atoms with E-state index in [4.69, 9.17) is 0 Å². The molecule has 1 saturated heterocycles. The average Bonchev–Trinajstić information content (AvgIpc) is 3.11. The highest BCUT2D eigenvalue weighted by atomic mass is 16.2. The minimum atomic E-state index is -0.145. The molecule has 0 radical (unpaired) electrons. The summed E-state index contributed by atoms with van der Waals surface area (Å²) in [4.78, 5) is 29.4. The Kier molecular flexibility index (Phi) is 4.59. The summed E-state index contributed by atoms with van der Waals surface area (Å²) in [7, 11) is 0. The first-order valence-corrected chi connectivity index (χ1v) is 8.06. The lowest BCUT2D eigenvalue weighted by atomic mass is 10.2. The van der Waals surface area contributed by atoms with Crippen LogP contribution in [0.5, 0.6) is 0 Å². The number of hydrogen-bond donors (Lipinski definition) is 1. The second kappa shape index (κ2) is 6.82. The number of pyridine rings is 1. The zero-order chi connectivity index (χ0) is 17.1. The van der Waals surface area contributed by atoms with Crippen molar-refractivity contribution in [1.29, 1.82) is 0 Å². The van der Waals surface area contributed by atoms with Gasteiger partial charge in [-0.2, -0.15) is 5.10 Å². The SMILES string of the molecule is Cc1cc(C)n(-c2ccc(CNC(=O)CN3CCCC3=O)cn2)n1. The highest BCUT2D eigenvalue weighted by molar-refractivity contribution is 5.85. The van der Waals surface area contributed by atoms with Gasteiger partial charge >= 0.3 is 0 Å². The molecule has 0 aliphatic carbocycles. The van der Waals surface area contributed by atoms with E-state index in [0.29, 0.717) is 19.5 Å². The van der Waals surface area contributed by atoms with Gasteiger partial charge in [-0.25, -0.2) is 9.67 Å². The van der Waals surface area contributed by atoms with Gasteiger partial charge in [0.05, 0.1) is 12.2 Å². The molecule has 0 saturated carbocycles. The number of carbonyl (C=O) groups excluding carboxylic acids is 2. The first kappa shape index (κ1) is 16.2. The Bertz CT molecular complexity index is 751. The van der Waals surface area contributed by atoms with Crippen LogP contribution in [0.1, 0.15) is 29.8 Å². The van der Waals surface area contributed by atoms with Crippen LogP contribution in [0.2, 0.25) is 0 Å². The largest absolute Gasteiger partial charge is 0.350 e. The molecule has 1 N–H and O–H groups in total. The van der Waals surface area contributed by atoms with Crippen LogP contribution >= 0.6 is 0 Å². The van der Waals surface area contributed by atoms with Crippen molar-refractivity contribution in [3.63, 3.8) is 0 Å². The van der Waals surface area contributed by atoms with E-state index >= 15 is 0 Å². The van der Waals surface area contributed by atoms with Gasteiger partial charge < -0.3 is 10.2 Å². The minimum Gasteiger partial charge on any atom is -0.350 e. The van der Waals surface area contributed by atoms with Gasteiger partial charge in [0.25, 0.3) is 0 Å². The lowest BCUT2D eigenvalue weighted by molar-refractivity contribution is -0.133. The number of rotatable bonds is 5. The number of nitrogens with one attached hydrogen (secondary N) is 1. The van der Waals surface area contributed by atoms with Crippen LogP contribution in [0.15, 0.2) is 24.4 Å². The normalized spacial score (nSPS) is 14.2. The van der Waals surface area contributed by atoms with Crippen molar-refractivity contribution < 1.29 is 9.59 Å². The first-order chi connectivity index (χ1) is 11.5. The van der Waals surface area contributed by atoms with Crippen molar-refractivity contribution in [2.45, 2.75) is 33.2 Å². The van der Waals surface area contributed by atoms with E-state index < -0.39 is 0 Å². The van der Waals surface area contributed by atoms with Gasteiger partial charge in [0.2, 0.25) is 11.8 Å². The van der Waals surface area contributed by atoms with Crippen molar-refractivity contribution in [2.24, 2.45) is 0 Å². The number of aryl methyl sites for hydroxylation is 2. The van der Waals surface area contributed by atoms with Crippen LogP contribution in [0.3, 0.4) is 0 Å². The molecule has 1 aliphatic rings. The first-order valence-electron chi connectivity index (χ1n) is 8.06. The molecule has 3 heterocycles. The Labute approximate surface area is 140 Å². The van der Waals surface area contributed by atoms with E-state index in [1.54, 1.807) is 15.8 Å². The van der Waals surface area contributed by atoms with E-state index in [2.05, 4.69) is 15.4 Å².